The van der Waals surface area contributed by atoms with Crippen LogP contribution in [-0.2, 0) is 19.4 Å². The first-order valence-electron chi connectivity index (χ1n) is 11.3. The van der Waals surface area contributed by atoms with Crippen LogP contribution in [0.5, 0.6) is 5.75 Å². The molecular weight excluding hydrogens is 447 g/mol. The molecule has 0 radical (unpaired) electrons. The summed E-state index contributed by atoms with van der Waals surface area (Å²) in [6, 6.07) is 10.3. The van der Waals surface area contributed by atoms with Gasteiger partial charge in [0, 0.05) is 11.1 Å². The smallest absolute Gasteiger partial charge is 0.171 e. The van der Waals surface area contributed by atoms with E-state index in [0.717, 1.165) is 0 Å². The van der Waals surface area contributed by atoms with Crippen LogP contribution < -0.4 is 4.74 Å². The average molecular weight is 472 g/mol. The van der Waals surface area contributed by atoms with E-state index in [2.05, 4.69) is 6.58 Å². The Hall–Kier alpha value is -3.15. The van der Waals surface area contributed by atoms with E-state index in [-0.39, 0.29) is 29.0 Å². The van der Waals surface area contributed by atoms with Crippen molar-refractivity contribution in [1.82, 2.24) is 0 Å². The quantitative estimate of drug-likeness (QED) is 0.236. The third-order valence-electron chi connectivity index (χ3n) is 6.15. The van der Waals surface area contributed by atoms with Crippen LogP contribution in [-0.4, -0.2) is 0 Å². The van der Waals surface area contributed by atoms with Crippen molar-refractivity contribution in [3.8, 4) is 16.9 Å². The first-order chi connectivity index (χ1) is 16.4. The minimum atomic E-state index is -2.38. The molecule has 0 heterocycles. The van der Waals surface area contributed by atoms with E-state index in [1.54, 1.807) is 18.2 Å². The normalized spacial score (nSPS) is 16.6. The second-order valence-electron chi connectivity index (χ2n) is 8.43. The lowest BCUT2D eigenvalue weighted by molar-refractivity contribution is 0.158. The van der Waals surface area contributed by atoms with Crippen molar-refractivity contribution >= 4 is 0 Å². The van der Waals surface area contributed by atoms with Gasteiger partial charge in [-0.1, -0.05) is 49.8 Å². The fourth-order valence-electron chi connectivity index (χ4n) is 4.39. The van der Waals surface area contributed by atoms with Gasteiger partial charge in [-0.3, -0.25) is 0 Å². The minimum absolute atomic E-state index is 0.0980. The number of rotatable bonds is 8. The summed E-state index contributed by atoms with van der Waals surface area (Å²) in [5.74, 6) is -2.51. The van der Waals surface area contributed by atoms with E-state index in [4.69, 9.17) is 4.74 Å². The highest BCUT2D eigenvalue weighted by Crippen LogP contribution is 2.51. The van der Waals surface area contributed by atoms with Crippen molar-refractivity contribution < 1.29 is 26.7 Å². The fraction of sp³-hybridized carbons (Fsp3) is 0.286. The lowest BCUT2D eigenvalue weighted by Crippen LogP contribution is -2.16. The van der Waals surface area contributed by atoms with Gasteiger partial charge in [0.2, 0.25) is 0 Å². The molecule has 0 saturated heterocycles. The summed E-state index contributed by atoms with van der Waals surface area (Å²) in [5.41, 5.74) is 0.677. The number of hydrogen-bond acceptors (Lipinski definition) is 1. The van der Waals surface area contributed by atoms with Gasteiger partial charge in [0.1, 0.15) is 18.2 Å². The van der Waals surface area contributed by atoms with Gasteiger partial charge in [0.15, 0.2) is 23.9 Å². The van der Waals surface area contributed by atoms with Crippen LogP contribution in [0.25, 0.3) is 11.1 Å². The topological polar surface area (TPSA) is 9.23 Å². The summed E-state index contributed by atoms with van der Waals surface area (Å²) in [6.07, 6.45) is -0.807. The Morgan fingerprint density at radius 2 is 1.50 bits per heavy atom. The Balaban J connectivity index is 1.63. The fourth-order valence-corrected chi connectivity index (χ4v) is 4.39. The molecule has 1 aliphatic rings. The van der Waals surface area contributed by atoms with Crippen LogP contribution in [0.4, 0.5) is 22.0 Å². The highest BCUT2D eigenvalue weighted by molar-refractivity contribution is 5.76. The highest BCUT2D eigenvalue weighted by atomic mass is 19.2. The SMILES string of the molecule is C=CCCc1ccc(COc2ccc3c(c2F)C(F)C(F)c2c-3ccc(CCC)c2F)cc1F. The van der Waals surface area contributed by atoms with Crippen LogP contribution in [0.2, 0.25) is 0 Å². The number of allylic oxidation sites excluding steroid dienone is 1. The van der Waals surface area contributed by atoms with Crippen molar-refractivity contribution in [2.24, 2.45) is 0 Å². The number of ether oxygens (including phenoxy) is 1. The summed E-state index contributed by atoms with van der Waals surface area (Å²) >= 11 is 0. The first-order valence-corrected chi connectivity index (χ1v) is 11.3. The average Bonchev–Trinajstić information content (AvgIpc) is 2.82. The maximum absolute atomic E-state index is 15.2. The van der Waals surface area contributed by atoms with Gasteiger partial charge in [0.25, 0.3) is 0 Å². The zero-order valence-corrected chi connectivity index (χ0v) is 18.8. The minimum Gasteiger partial charge on any atom is -0.486 e. The predicted octanol–water partition coefficient (Wildman–Crippen LogP) is 8.46. The molecule has 0 aliphatic heterocycles. The van der Waals surface area contributed by atoms with Gasteiger partial charge in [-0.25, -0.2) is 22.0 Å². The second kappa shape index (κ2) is 10.00. The molecule has 6 heteroatoms. The van der Waals surface area contributed by atoms with E-state index in [0.29, 0.717) is 42.4 Å². The van der Waals surface area contributed by atoms with Gasteiger partial charge in [0.05, 0.1) is 0 Å². The lowest BCUT2D eigenvalue weighted by atomic mass is 9.81. The maximum Gasteiger partial charge on any atom is 0.171 e. The Kier molecular flexibility index (Phi) is 7.05. The third-order valence-corrected chi connectivity index (χ3v) is 6.15. The van der Waals surface area contributed by atoms with Gasteiger partial charge in [-0.05, 0) is 59.2 Å². The molecule has 2 atom stereocenters. The Labute approximate surface area is 195 Å². The monoisotopic (exact) mass is 472 g/mol. The van der Waals surface area contributed by atoms with E-state index in [1.165, 1.54) is 30.3 Å². The van der Waals surface area contributed by atoms with Crippen molar-refractivity contribution in [3.05, 3.63) is 100 Å². The molecule has 178 valence electrons. The van der Waals surface area contributed by atoms with E-state index in [9.17, 15) is 13.2 Å². The van der Waals surface area contributed by atoms with E-state index in [1.807, 2.05) is 6.92 Å². The van der Waals surface area contributed by atoms with Crippen LogP contribution in [0.15, 0.2) is 55.1 Å². The molecule has 3 aromatic rings. The van der Waals surface area contributed by atoms with Crippen LogP contribution >= 0.6 is 0 Å². The predicted molar refractivity (Wildman–Crippen MR) is 123 cm³/mol. The summed E-state index contributed by atoms with van der Waals surface area (Å²) in [5, 5.41) is 0. The number of alkyl halides is 2. The second-order valence-corrected chi connectivity index (χ2v) is 8.43. The molecule has 3 aromatic carbocycles. The van der Waals surface area contributed by atoms with Crippen molar-refractivity contribution in [2.75, 3.05) is 0 Å². The van der Waals surface area contributed by atoms with Gasteiger partial charge in [-0.15, -0.1) is 6.58 Å². The molecule has 0 spiro atoms. The molecule has 0 saturated carbocycles. The third kappa shape index (κ3) is 4.33. The number of fused-ring (bicyclic) bond motifs is 3. The molecule has 2 unspecified atom stereocenters. The largest absolute Gasteiger partial charge is 0.486 e. The summed E-state index contributed by atoms with van der Waals surface area (Å²) in [7, 11) is 0. The zero-order chi connectivity index (χ0) is 24.4. The van der Waals surface area contributed by atoms with Crippen molar-refractivity contribution in [1.29, 1.82) is 0 Å². The molecule has 4 rings (SSSR count). The summed E-state index contributed by atoms with van der Waals surface area (Å²) < 4.78 is 80.0. The standard InChI is InChI=1S/C28H25F5O/c1-3-5-7-17-9-8-16(14-21(17)29)15-34-22-13-12-20-19-11-10-18(6-4-2)25(30)23(19)27(32)28(33)24(20)26(22)31/h3,8-14,27-28H,1,4-7,15H2,2H3. The maximum atomic E-state index is 15.2. The van der Waals surface area contributed by atoms with Crippen molar-refractivity contribution in [3.63, 3.8) is 0 Å². The van der Waals surface area contributed by atoms with Crippen LogP contribution in [0.3, 0.4) is 0 Å². The van der Waals surface area contributed by atoms with Crippen LogP contribution in [0.1, 0.15) is 59.9 Å². The van der Waals surface area contributed by atoms with Gasteiger partial charge < -0.3 is 4.74 Å². The van der Waals surface area contributed by atoms with E-state index >= 15 is 8.78 Å². The van der Waals surface area contributed by atoms with Gasteiger partial charge in [-0.2, -0.15) is 0 Å². The first kappa shape index (κ1) is 24.0. The summed E-state index contributed by atoms with van der Waals surface area (Å²) in [4.78, 5) is 0. The molecule has 0 N–H and O–H groups in total. The highest BCUT2D eigenvalue weighted by Gasteiger charge is 2.39. The zero-order valence-electron chi connectivity index (χ0n) is 18.8. The molecule has 34 heavy (non-hydrogen) atoms. The summed E-state index contributed by atoms with van der Waals surface area (Å²) in [6.45, 7) is 5.32. The lowest BCUT2D eigenvalue weighted by Gasteiger charge is -2.28. The number of aryl methyl sites for hydroxylation is 2. The molecule has 0 bridgehead atoms. The van der Waals surface area contributed by atoms with Crippen LogP contribution in [0, 0.1) is 17.5 Å². The molecular formula is C28H25F5O. The molecule has 0 aromatic heterocycles. The van der Waals surface area contributed by atoms with E-state index < -0.39 is 35.4 Å². The molecule has 0 fully saturated rings. The van der Waals surface area contributed by atoms with Crippen molar-refractivity contribution in [2.45, 2.75) is 51.6 Å². The number of hydrogen-bond donors (Lipinski definition) is 0. The number of halogens is 5. The Bertz CT molecular complexity index is 1220. The Morgan fingerprint density at radius 3 is 2.15 bits per heavy atom. The molecule has 0 amide bonds. The molecule has 1 nitrogen and oxygen atoms in total. The van der Waals surface area contributed by atoms with Gasteiger partial charge >= 0.3 is 0 Å². The Morgan fingerprint density at radius 1 is 0.853 bits per heavy atom. The molecule has 1 aliphatic carbocycles. The number of benzene rings is 3.